The Morgan fingerprint density at radius 1 is 1.47 bits per heavy atom. The van der Waals surface area contributed by atoms with Crippen LogP contribution in [0.5, 0.6) is 0 Å². The van der Waals surface area contributed by atoms with Crippen LogP contribution >= 0.6 is 11.8 Å². The topological polar surface area (TPSA) is 43.0 Å². The molecule has 0 aliphatic heterocycles. The number of hydrogen-bond donors (Lipinski definition) is 1. The molecular formula is C14H19N3OS. The van der Waals surface area contributed by atoms with Crippen molar-refractivity contribution in [3.05, 3.63) is 29.3 Å². The lowest BCUT2D eigenvalue weighted by atomic mass is 10.2. The van der Waals surface area contributed by atoms with Crippen molar-refractivity contribution in [3.8, 4) is 0 Å². The zero-order valence-corrected chi connectivity index (χ0v) is 12.4. The van der Waals surface area contributed by atoms with Crippen LogP contribution in [-0.4, -0.2) is 15.8 Å². The molecule has 2 aromatic rings. The van der Waals surface area contributed by atoms with Gasteiger partial charge in [-0.3, -0.25) is 4.68 Å². The second kappa shape index (κ2) is 5.06. The standard InChI is InChI=1S/C14H19N3OS/c1-9-12(8-15-11-4-5-11)14(17(3)16-9)19-13-6-7-18-10(13)2/h6-7,11,15H,4-5,8H2,1-3H3. The molecule has 0 unspecified atom stereocenters. The minimum Gasteiger partial charge on any atom is -0.468 e. The first-order valence-electron chi connectivity index (χ1n) is 6.63. The molecule has 1 fully saturated rings. The summed E-state index contributed by atoms with van der Waals surface area (Å²) >= 11 is 1.73. The van der Waals surface area contributed by atoms with Crippen LogP contribution < -0.4 is 5.32 Å². The SMILES string of the molecule is Cc1nn(C)c(Sc2ccoc2C)c1CNC1CC1. The van der Waals surface area contributed by atoms with Crippen molar-refractivity contribution in [2.24, 2.45) is 7.05 Å². The van der Waals surface area contributed by atoms with E-state index in [-0.39, 0.29) is 0 Å². The summed E-state index contributed by atoms with van der Waals surface area (Å²) in [6.07, 6.45) is 4.36. The maximum atomic E-state index is 5.37. The summed E-state index contributed by atoms with van der Waals surface area (Å²) in [6.45, 7) is 4.98. The molecule has 1 saturated carbocycles. The van der Waals surface area contributed by atoms with Crippen molar-refractivity contribution in [1.82, 2.24) is 15.1 Å². The van der Waals surface area contributed by atoms with Gasteiger partial charge in [0.15, 0.2) is 0 Å². The molecule has 2 heterocycles. The maximum absolute atomic E-state index is 5.37. The lowest BCUT2D eigenvalue weighted by molar-refractivity contribution is 0.526. The molecule has 0 atom stereocenters. The minimum atomic E-state index is 0.716. The number of hydrogen-bond acceptors (Lipinski definition) is 4. The molecule has 0 bridgehead atoms. The van der Waals surface area contributed by atoms with Crippen LogP contribution in [0.2, 0.25) is 0 Å². The van der Waals surface area contributed by atoms with E-state index < -0.39 is 0 Å². The Kier molecular flexibility index (Phi) is 3.41. The Morgan fingerprint density at radius 3 is 2.89 bits per heavy atom. The second-order valence-corrected chi connectivity index (χ2v) is 6.12. The summed E-state index contributed by atoms with van der Waals surface area (Å²) in [4.78, 5) is 1.16. The van der Waals surface area contributed by atoms with Crippen molar-refractivity contribution < 1.29 is 4.42 Å². The van der Waals surface area contributed by atoms with Gasteiger partial charge in [-0.2, -0.15) is 5.10 Å². The third-order valence-corrected chi connectivity index (χ3v) is 4.80. The summed E-state index contributed by atoms with van der Waals surface area (Å²) in [7, 11) is 2.01. The van der Waals surface area contributed by atoms with Gasteiger partial charge in [0, 0.05) is 25.2 Å². The summed E-state index contributed by atoms with van der Waals surface area (Å²) in [6, 6.07) is 2.73. The summed E-state index contributed by atoms with van der Waals surface area (Å²) < 4.78 is 7.33. The van der Waals surface area contributed by atoms with Crippen LogP contribution in [0.4, 0.5) is 0 Å². The Bertz CT molecular complexity index is 584. The van der Waals surface area contributed by atoms with Gasteiger partial charge in [0.2, 0.25) is 0 Å². The van der Waals surface area contributed by atoms with Crippen LogP contribution in [-0.2, 0) is 13.6 Å². The molecule has 0 saturated heterocycles. The van der Waals surface area contributed by atoms with Crippen LogP contribution in [0.3, 0.4) is 0 Å². The van der Waals surface area contributed by atoms with Crippen molar-refractivity contribution in [2.75, 3.05) is 0 Å². The van der Waals surface area contributed by atoms with Gasteiger partial charge in [-0.1, -0.05) is 11.8 Å². The molecule has 0 radical (unpaired) electrons. The van der Waals surface area contributed by atoms with Gasteiger partial charge in [-0.05, 0) is 32.8 Å². The average Bonchev–Trinajstić information content (AvgIpc) is 3.05. The van der Waals surface area contributed by atoms with Crippen molar-refractivity contribution in [1.29, 1.82) is 0 Å². The fraction of sp³-hybridized carbons (Fsp3) is 0.500. The van der Waals surface area contributed by atoms with Crippen molar-refractivity contribution >= 4 is 11.8 Å². The van der Waals surface area contributed by atoms with Gasteiger partial charge in [-0.15, -0.1) is 0 Å². The summed E-state index contributed by atoms with van der Waals surface area (Å²) in [5.41, 5.74) is 2.42. The molecule has 0 aromatic carbocycles. The van der Waals surface area contributed by atoms with Gasteiger partial charge in [0.25, 0.3) is 0 Å². The maximum Gasteiger partial charge on any atom is 0.114 e. The Morgan fingerprint density at radius 2 is 2.26 bits per heavy atom. The van der Waals surface area contributed by atoms with Crippen molar-refractivity contribution in [2.45, 2.75) is 49.2 Å². The normalized spacial score (nSPS) is 15.1. The molecule has 0 amide bonds. The molecule has 2 aromatic heterocycles. The first-order chi connectivity index (χ1) is 9.15. The van der Waals surface area contributed by atoms with Gasteiger partial charge >= 0.3 is 0 Å². The Hall–Kier alpha value is -1.20. The van der Waals surface area contributed by atoms with Gasteiger partial charge in [0.05, 0.1) is 16.9 Å². The van der Waals surface area contributed by atoms with E-state index in [2.05, 4.69) is 17.3 Å². The molecule has 1 aliphatic rings. The van der Waals surface area contributed by atoms with Crippen LogP contribution in [0.1, 0.15) is 29.9 Å². The largest absolute Gasteiger partial charge is 0.468 e. The fourth-order valence-corrected chi connectivity index (χ4v) is 3.17. The lowest BCUT2D eigenvalue weighted by Crippen LogP contribution is -2.16. The van der Waals surface area contributed by atoms with E-state index in [1.165, 1.54) is 23.4 Å². The number of aromatic nitrogens is 2. The number of furan rings is 1. The highest BCUT2D eigenvalue weighted by molar-refractivity contribution is 7.99. The number of aryl methyl sites for hydroxylation is 3. The van der Waals surface area contributed by atoms with E-state index in [0.29, 0.717) is 6.04 Å². The highest BCUT2D eigenvalue weighted by Gasteiger charge is 2.22. The third-order valence-electron chi connectivity index (χ3n) is 3.45. The van der Waals surface area contributed by atoms with E-state index >= 15 is 0 Å². The smallest absolute Gasteiger partial charge is 0.114 e. The monoisotopic (exact) mass is 277 g/mol. The van der Waals surface area contributed by atoms with Gasteiger partial charge in [0.1, 0.15) is 10.8 Å². The first kappa shape index (κ1) is 12.8. The third kappa shape index (κ3) is 2.72. The van der Waals surface area contributed by atoms with Crippen LogP contribution in [0.25, 0.3) is 0 Å². The van der Waals surface area contributed by atoms with Gasteiger partial charge in [-0.25, -0.2) is 0 Å². The molecular weight excluding hydrogens is 258 g/mol. The van der Waals surface area contributed by atoms with Gasteiger partial charge < -0.3 is 9.73 Å². The fourth-order valence-electron chi connectivity index (χ4n) is 2.13. The van der Waals surface area contributed by atoms with E-state index in [4.69, 9.17) is 4.42 Å². The quantitative estimate of drug-likeness (QED) is 0.912. The number of nitrogens with one attached hydrogen (secondary N) is 1. The highest BCUT2D eigenvalue weighted by Crippen LogP contribution is 2.34. The average molecular weight is 277 g/mol. The van der Waals surface area contributed by atoms with Crippen LogP contribution in [0, 0.1) is 13.8 Å². The molecule has 5 heteroatoms. The molecule has 0 spiro atoms. The molecule has 1 N–H and O–H groups in total. The Labute approximate surface area is 117 Å². The second-order valence-electron chi connectivity index (χ2n) is 5.09. The number of rotatable bonds is 5. The van der Waals surface area contributed by atoms with Crippen LogP contribution in [0.15, 0.2) is 26.7 Å². The molecule has 3 rings (SSSR count). The highest BCUT2D eigenvalue weighted by atomic mass is 32.2. The summed E-state index contributed by atoms with van der Waals surface area (Å²) in [5.74, 6) is 0.963. The molecule has 1 aliphatic carbocycles. The van der Waals surface area contributed by atoms with E-state index in [9.17, 15) is 0 Å². The zero-order valence-electron chi connectivity index (χ0n) is 11.6. The zero-order chi connectivity index (χ0) is 13.4. The number of nitrogens with zero attached hydrogens (tertiary/aromatic N) is 2. The lowest BCUT2D eigenvalue weighted by Gasteiger charge is -2.06. The first-order valence-corrected chi connectivity index (χ1v) is 7.44. The summed E-state index contributed by atoms with van der Waals surface area (Å²) in [5, 5.41) is 9.32. The van der Waals surface area contributed by atoms with Crippen molar-refractivity contribution in [3.63, 3.8) is 0 Å². The molecule has 4 nitrogen and oxygen atoms in total. The minimum absolute atomic E-state index is 0.716. The predicted octanol–water partition coefficient (Wildman–Crippen LogP) is 3.03. The van der Waals surface area contributed by atoms with E-state index in [1.54, 1.807) is 18.0 Å². The van der Waals surface area contributed by atoms with E-state index in [0.717, 1.165) is 22.9 Å². The molecule has 102 valence electrons. The molecule has 19 heavy (non-hydrogen) atoms. The predicted molar refractivity (Wildman–Crippen MR) is 75.4 cm³/mol. The Balaban J connectivity index is 1.83. The van der Waals surface area contributed by atoms with E-state index in [1.807, 2.05) is 24.7 Å².